The molecule has 3 rings (SSSR count). The zero-order valence-electron chi connectivity index (χ0n) is 11.2. The smallest absolute Gasteiger partial charge is 0.263 e. The van der Waals surface area contributed by atoms with E-state index in [2.05, 4.69) is 9.71 Å². The van der Waals surface area contributed by atoms with E-state index in [1.807, 2.05) is 19.1 Å². The van der Waals surface area contributed by atoms with Gasteiger partial charge in [0.05, 0.1) is 10.9 Å². The fourth-order valence-corrected chi connectivity index (χ4v) is 3.60. The second kappa shape index (κ2) is 5.16. The van der Waals surface area contributed by atoms with Crippen molar-refractivity contribution in [3.63, 3.8) is 0 Å². The zero-order valence-corrected chi connectivity index (χ0v) is 12.8. The van der Waals surface area contributed by atoms with Crippen LogP contribution in [0, 0.1) is 0 Å². The maximum Gasteiger partial charge on any atom is 0.263 e. The topological polar surface area (TPSA) is 58.5 Å². The van der Waals surface area contributed by atoms with Crippen molar-refractivity contribution in [2.45, 2.75) is 17.9 Å². The molecule has 21 heavy (non-hydrogen) atoms. The maximum absolute atomic E-state index is 12.0. The summed E-state index contributed by atoms with van der Waals surface area (Å²) >= 11 is 5.86. The molecule has 0 saturated carbocycles. The number of sulfonamides is 1. The number of benzene rings is 2. The third-order valence-corrected chi connectivity index (χ3v) is 4.99. The van der Waals surface area contributed by atoms with E-state index < -0.39 is 10.0 Å². The van der Waals surface area contributed by atoms with Crippen molar-refractivity contribution in [2.24, 2.45) is 4.99 Å². The largest absolute Gasteiger partial charge is 0.263 e. The van der Waals surface area contributed by atoms with Gasteiger partial charge in [-0.15, -0.1) is 0 Å². The molecule has 4 nitrogen and oxygen atoms in total. The van der Waals surface area contributed by atoms with Crippen molar-refractivity contribution < 1.29 is 8.42 Å². The van der Waals surface area contributed by atoms with Gasteiger partial charge in [-0.1, -0.05) is 35.9 Å². The summed E-state index contributed by atoms with van der Waals surface area (Å²) in [4.78, 5) is 4.77. The first-order valence-corrected chi connectivity index (χ1v) is 8.29. The van der Waals surface area contributed by atoms with E-state index in [1.165, 1.54) is 0 Å². The van der Waals surface area contributed by atoms with Gasteiger partial charge in [-0.05, 0) is 36.8 Å². The first kappa shape index (κ1) is 14.1. The number of nitrogens with one attached hydrogen (secondary N) is 1. The maximum atomic E-state index is 12.0. The minimum Gasteiger partial charge on any atom is -0.263 e. The first-order valence-electron chi connectivity index (χ1n) is 6.43. The fourth-order valence-electron chi connectivity index (χ4n) is 2.24. The van der Waals surface area contributed by atoms with Crippen LogP contribution in [0.5, 0.6) is 0 Å². The van der Waals surface area contributed by atoms with E-state index >= 15 is 0 Å². The van der Waals surface area contributed by atoms with Gasteiger partial charge in [-0.3, -0.25) is 9.71 Å². The number of halogens is 1. The third kappa shape index (κ3) is 2.66. The van der Waals surface area contributed by atoms with Gasteiger partial charge >= 0.3 is 0 Å². The lowest BCUT2D eigenvalue weighted by Gasteiger charge is -2.08. The molecule has 2 aromatic rings. The molecule has 1 atom stereocenters. The Morgan fingerprint density at radius 2 is 1.76 bits per heavy atom. The highest BCUT2D eigenvalue weighted by molar-refractivity contribution is 7.90. The number of amidine groups is 1. The van der Waals surface area contributed by atoms with Gasteiger partial charge in [0.15, 0.2) is 0 Å². The molecule has 6 heteroatoms. The Balaban J connectivity index is 2.00. The van der Waals surface area contributed by atoms with E-state index in [9.17, 15) is 8.42 Å². The molecule has 1 aliphatic heterocycles. The average Bonchev–Trinajstić information content (AvgIpc) is 2.71. The summed E-state index contributed by atoms with van der Waals surface area (Å²) < 4.78 is 26.5. The minimum absolute atomic E-state index is 0.175. The van der Waals surface area contributed by atoms with Crippen molar-refractivity contribution in [2.75, 3.05) is 0 Å². The average molecular weight is 321 g/mol. The van der Waals surface area contributed by atoms with Crippen LogP contribution >= 0.6 is 11.6 Å². The standard InChI is InChI=1S/C15H13ClN2O2S/c1-10(11-6-8-12(16)9-7-11)17-15-13-4-2-3-5-14(13)21(19,20)18-15/h2-10H,1H3,(H,17,18)/t10-/m0/s1. The van der Waals surface area contributed by atoms with Gasteiger partial charge in [-0.2, -0.15) is 0 Å². The summed E-state index contributed by atoms with van der Waals surface area (Å²) in [6, 6.07) is 14.0. The summed E-state index contributed by atoms with van der Waals surface area (Å²) in [6.07, 6.45) is 0. The van der Waals surface area contributed by atoms with E-state index in [0.29, 0.717) is 16.4 Å². The monoisotopic (exact) mass is 320 g/mol. The van der Waals surface area contributed by atoms with Gasteiger partial charge in [0, 0.05) is 10.6 Å². The lowest BCUT2D eigenvalue weighted by atomic mass is 10.1. The summed E-state index contributed by atoms with van der Waals surface area (Å²) in [6.45, 7) is 1.91. The molecule has 1 heterocycles. The highest BCUT2D eigenvalue weighted by Crippen LogP contribution is 2.25. The van der Waals surface area contributed by atoms with Crippen LogP contribution in [0.4, 0.5) is 0 Å². The molecule has 2 aromatic carbocycles. The molecule has 0 aromatic heterocycles. The molecule has 0 aliphatic carbocycles. The molecule has 0 saturated heterocycles. The number of fused-ring (bicyclic) bond motifs is 1. The normalized spacial score (nSPS) is 19.0. The summed E-state index contributed by atoms with van der Waals surface area (Å²) in [5, 5.41) is 0.658. The van der Waals surface area contributed by atoms with E-state index in [1.54, 1.807) is 36.4 Å². The molecular formula is C15H13ClN2O2S. The highest BCUT2D eigenvalue weighted by atomic mass is 35.5. The fraction of sp³-hybridized carbons (Fsp3) is 0.133. The van der Waals surface area contributed by atoms with Crippen molar-refractivity contribution in [3.8, 4) is 0 Å². The van der Waals surface area contributed by atoms with Crippen LogP contribution in [-0.2, 0) is 10.0 Å². The van der Waals surface area contributed by atoms with Crippen molar-refractivity contribution in [3.05, 3.63) is 64.7 Å². The quantitative estimate of drug-likeness (QED) is 0.924. The van der Waals surface area contributed by atoms with Gasteiger partial charge in [0.25, 0.3) is 10.0 Å². The van der Waals surface area contributed by atoms with Crippen LogP contribution in [0.2, 0.25) is 5.02 Å². The minimum atomic E-state index is -3.49. The number of hydrogen-bond acceptors (Lipinski definition) is 3. The van der Waals surface area contributed by atoms with Crippen LogP contribution in [0.1, 0.15) is 24.1 Å². The Morgan fingerprint density at radius 1 is 1.10 bits per heavy atom. The predicted octanol–water partition coefficient (Wildman–Crippen LogP) is 3.14. The lowest BCUT2D eigenvalue weighted by Crippen LogP contribution is -2.22. The van der Waals surface area contributed by atoms with Gasteiger partial charge in [0.1, 0.15) is 5.84 Å². The Morgan fingerprint density at radius 3 is 2.48 bits per heavy atom. The Labute approximate surface area is 128 Å². The number of nitrogens with zero attached hydrogens (tertiary/aromatic N) is 1. The third-order valence-electron chi connectivity index (χ3n) is 3.34. The molecule has 0 fully saturated rings. The van der Waals surface area contributed by atoms with Gasteiger partial charge in [0.2, 0.25) is 0 Å². The van der Waals surface area contributed by atoms with Crippen LogP contribution in [-0.4, -0.2) is 14.3 Å². The highest BCUT2D eigenvalue weighted by Gasteiger charge is 2.30. The van der Waals surface area contributed by atoms with Gasteiger partial charge in [-0.25, -0.2) is 8.42 Å². The molecule has 0 bridgehead atoms. The molecule has 0 unspecified atom stereocenters. The van der Waals surface area contributed by atoms with Crippen molar-refractivity contribution >= 4 is 27.5 Å². The molecule has 1 N–H and O–H groups in total. The number of hydrogen-bond donors (Lipinski definition) is 1. The second-order valence-electron chi connectivity index (χ2n) is 4.81. The van der Waals surface area contributed by atoms with E-state index in [0.717, 1.165) is 5.56 Å². The predicted molar refractivity (Wildman–Crippen MR) is 83.2 cm³/mol. The second-order valence-corrected chi connectivity index (χ2v) is 6.89. The molecule has 108 valence electrons. The summed E-state index contributed by atoms with van der Waals surface area (Å²) in [5.41, 5.74) is 1.58. The number of aliphatic imine (C=N–C) groups is 1. The molecular weight excluding hydrogens is 308 g/mol. The van der Waals surface area contributed by atoms with Crippen LogP contribution in [0.25, 0.3) is 0 Å². The Hall–Kier alpha value is -1.85. The molecule has 0 amide bonds. The molecule has 0 radical (unpaired) electrons. The van der Waals surface area contributed by atoms with Crippen molar-refractivity contribution in [1.29, 1.82) is 0 Å². The number of rotatable bonds is 2. The summed E-state index contributed by atoms with van der Waals surface area (Å²) in [5.74, 6) is 0.382. The van der Waals surface area contributed by atoms with Crippen LogP contribution in [0.15, 0.2) is 58.4 Å². The zero-order chi connectivity index (χ0) is 15.0. The molecule has 1 aliphatic rings. The first-order chi connectivity index (χ1) is 9.97. The molecule has 0 spiro atoms. The Bertz CT molecular complexity index is 814. The Kier molecular flexibility index (Phi) is 3.47. The summed E-state index contributed by atoms with van der Waals surface area (Å²) in [7, 11) is -3.49. The van der Waals surface area contributed by atoms with Crippen molar-refractivity contribution in [1.82, 2.24) is 4.72 Å². The van der Waals surface area contributed by atoms with E-state index in [-0.39, 0.29) is 10.9 Å². The lowest BCUT2D eigenvalue weighted by molar-refractivity contribution is 0.595. The van der Waals surface area contributed by atoms with Crippen LogP contribution in [0.3, 0.4) is 0 Å². The van der Waals surface area contributed by atoms with E-state index in [4.69, 9.17) is 11.6 Å². The van der Waals surface area contributed by atoms with Crippen LogP contribution < -0.4 is 4.72 Å². The van der Waals surface area contributed by atoms with Gasteiger partial charge < -0.3 is 0 Å². The SMILES string of the molecule is C[C@H](N=C1NS(=O)(=O)c2ccccc21)c1ccc(Cl)cc1.